The summed E-state index contributed by atoms with van der Waals surface area (Å²) in [6.45, 7) is 0.513. The van der Waals surface area contributed by atoms with Crippen LogP contribution in [0, 0.1) is 17.2 Å². The summed E-state index contributed by atoms with van der Waals surface area (Å²) in [5.41, 5.74) is 5.31. The summed E-state index contributed by atoms with van der Waals surface area (Å²) in [5.74, 6) is -5.93. The van der Waals surface area contributed by atoms with Gasteiger partial charge in [0.1, 0.15) is 12.2 Å². The van der Waals surface area contributed by atoms with Gasteiger partial charge in [0.25, 0.3) is 0 Å². The van der Waals surface area contributed by atoms with Crippen LogP contribution in [-0.4, -0.2) is 86.4 Å². The highest BCUT2D eigenvalue weighted by Crippen LogP contribution is 2.35. The van der Waals surface area contributed by atoms with Crippen molar-refractivity contribution < 1.29 is 53.1 Å². The standard InChI is InChI=1S/C13H24N4O6.C2HF3O2/c1-5(19)16-10(11(21)9(20)4-18)7-2-6(12(22)23)3-8(7)17-13(14)15;3-2(4,5)1(6)7/h6-11,18,20-21H,2-4H2,1H3,(H,16,19)(H,22,23)(H4,14,15,17);(H,6,7)/t6?,7-,8+,9?,10?,11?;/m1./s1. The predicted molar refractivity (Wildman–Crippen MR) is 93.1 cm³/mol. The number of carbonyl (C=O) groups is 3. The topological polar surface area (TPSA) is 226 Å². The maximum absolute atomic E-state index is 11.4. The molecule has 0 aromatic heterocycles. The molecule has 15 heteroatoms. The van der Waals surface area contributed by atoms with Gasteiger partial charge >= 0.3 is 18.1 Å². The molecular weight excluding hydrogens is 421 g/mol. The highest BCUT2D eigenvalue weighted by molar-refractivity contribution is 5.76. The molecule has 0 heterocycles. The molecule has 30 heavy (non-hydrogen) atoms. The van der Waals surface area contributed by atoms with Crippen LogP contribution in [0.15, 0.2) is 0 Å². The van der Waals surface area contributed by atoms with Crippen molar-refractivity contribution in [3.05, 3.63) is 0 Å². The number of halogens is 3. The third-order valence-electron chi connectivity index (χ3n) is 4.33. The fraction of sp³-hybridized carbons (Fsp3) is 0.733. The highest BCUT2D eigenvalue weighted by Gasteiger charge is 2.45. The van der Waals surface area contributed by atoms with E-state index in [-0.39, 0.29) is 18.8 Å². The first-order valence-corrected chi connectivity index (χ1v) is 8.49. The van der Waals surface area contributed by atoms with Crippen LogP contribution in [0.1, 0.15) is 19.8 Å². The fourth-order valence-electron chi connectivity index (χ4n) is 3.06. The van der Waals surface area contributed by atoms with E-state index in [4.69, 9.17) is 26.2 Å². The number of aliphatic hydroxyl groups is 3. The number of nitrogens with one attached hydrogen (secondary N) is 3. The maximum atomic E-state index is 11.4. The average Bonchev–Trinajstić information content (AvgIpc) is 3.01. The summed E-state index contributed by atoms with van der Waals surface area (Å²) in [7, 11) is 0. The lowest BCUT2D eigenvalue weighted by Crippen LogP contribution is -2.57. The second kappa shape index (κ2) is 11.5. The third kappa shape index (κ3) is 8.79. The van der Waals surface area contributed by atoms with Crippen molar-refractivity contribution in [2.75, 3.05) is 6.61 Å². The summed E-state index contributed by atoms with van der Waals surface area (Å²) in [6.07, 6.45) is -7.77. The maximum Gasteiger partial charge on any atom is 0.490 e. The van der Waals surface area contributed by atoms with Crippen molar-refractivity contribution in [3.8, 4) is 0 Å². The number of hydrogen-bond donors (Lipinski definition) is 9. The third-order valence-corrected chi connectivity index (χ3v) is 4.33. The number of amides is 1. The van der Waals surface area contributed by atoms with E-state index >= 15 is 0 Å². The van der Waals surface area contributed by atoms with Gasteiger partial charge in [-0.2, -0.15) is 13.2 Å². The largest absolute Gasteiger partial charge is 0.490 e. The van der Waals surface area contributed by atoms with Crippen LogP contribution in [0.3, 0.4) is 0 Å². The lowest BCUT2D eigenvalue weighted by atomic mass is 9.87. The molecule has 1 aliphatic carbocycles. The quantitative estimate of drug-likeness (QED) is 0.151. The minimum atomic E-state index is -5.08. The Bertz CT molecular complexity index is 633. The molecule has 6 atom stereocenters. The number of carbonyl (C=O) groups excluding carboxylic acids is 1. The lowest BCUT2D eigenvalue weighted by Gasteiger charge is -2.34. The number of carboxylic acids is 2. The van der Waals surface area contributed by atoms with Crippen molar-refractivity contribution in [3.63, 3.8) is 0 Å². The number of nitrogens with two attached hydrogens (primary N) is 1. The van der Waals surface area contributed by atoms with Crippen molar-refractivity contribution in [1.29, 1.82) is 5.41 Å². The molecule has 0 bridgehead atoms. The van der Waals surface area contributed by atoms with Gasteiger partial charge < -0.3 is 41.9 Å². The van der Waals surface area contributed by atoms with Crippen LogP contribution in [-0.2, 0) is 14.4 Å². The number of carboxylic acid groups (broad SMARTS) is 2. The molecule has 12 nitrogen and oxygen atoms in total. The van der Waals surface area contributed by atoms with Crippen LogP contribution in [0.4, 0.5) is 13.2 Å². The molecule has 1 amide bonds. The van der Waals surface area contributed by atoms with Gasteiger partial charge in [-0.15, -0.1) is 0 Å². The monoisotopic (exact) mass is 446 g/mol. The molecule has 1 saturated carbocycles. The van der Waals surface area contributed by atoms with Crippen LogP contribution in [0.5, 0.6) is 0 Å². The summed E-state index contributed by atoms with van der Waals surface area (Å²) < 4.78 is 31.7. The molecule has 0 saturated heterocycles. The zero-order chi connectivity index (χ0) is 23.8. The Labute approximate surface area is 168 Å². The number of guanidine groups is 1. The number of rotatable bonds is 7. The van der Waals surface area contributed by atoms with Gasteiger partial charge in [-0.1, -0.05) is 0 Å². The smallest absolute Gasteiger partial charge is 0.481 e. The van der Waals surface area contributed by atoms with Crippen LogP contribution >= 0.6 is 0 Å². The van der Waals surface area contributed by atoms with Crippen molar-refractivity contribution >= 4 is 23.8 Å². The van der Waals surface area contributed by atoms with Gasteiger partial charge in [-0.3, -0.25) is 15.0 Å². The molecule has 10 N–H and O–H groups in total. The van der Waals surface area contributed by atoms with E-state index in [1.165, 1.54) is 6.92 Å². The Hall–Kier alpha value is -2.65. The van der Waals surface area contributed by atoms with Gasteiger partial charge in [0, 0.05) is 18.9 Å². The molecule has 0 aromatic rings. The van der Waals surface area contributed by atoms with E-state index < -0.39 is 66.8 Å². The Balaban J connectivity index is 0.00000103. The van der Waals surface area contributed by atoms with E-state index in [0.717, 1.165) is 0 Å². The van der Waals surface area contributed by atoms with Gasteiger partial charge in [0.2, 0.25) is 5.91 Å². The molecule has 0 aromatic carbocycles. The molecule has 0 aliphatic heterocycles. The molecule has 1 fully saturated rings. The van der Waals surface area contributed by atoms with E-state index in [9.17, 15) is 38.1 Å². The second-order valence-electron chi connectivity index (χ2n) is 6.60. The number of aliphatic carboxylic acids is 2. The number of alkyl halides is 3. The summed E-state index contributed by atoms with van der Waals surface area (Å²) in [5, 5.41) is 57.6. The molecule has 174 valence electrons. The van der Waals surface area contributed by atoms with Crippen molar-refractivity contribution in [1.82, 2.24) is 10.6 Å². The number of aliphatic hydroxyl groups excluding tert-OH is 3. The number of hydrogen-bond acceptors (Lipinski definition) is 7. The minimum absolute atomic E-state index is 0.125. The first-order valence-electron chi connectivity index (χ1n) is 8.49. The Morgan fingerprint density at radius 3 is 2.03 bits per heavy atom. The van der Waals surface area contributed by atoms with Crippen LogP contribution in [0.25, 0.3) is 0 Å². The molecular formula is C15H25F3N4O8. The summed E-state index contributed by atoms with van der Waals surface area (Å²) >= 11 is 0. The average molecular weight is 446 g/mol. The SMILES string of the molecule is CC(=O)NC(C(O)C(O)CO)[C@@H]1CC(C(=O)O)C[C@@H]1NC(=N)N.O=C(O)C(F)(F)F. The predicted octanol–water partition coefficient (Wildman–Crippen LogP) is -2.20. The summed E-state index contributed by atoms with van der Waals surface area (Å²) in [6, 6.07) is -1.55. The Kier molecular flexibility index (Phi) is 10.5. The molecule has 0 radical (unpaired) electrons. The first-order chi connectivity index (χ1) is 13.6. The normalized spacial score (nSPS) is 23.9. The van der Waals surface area contributed by atoms with E-state index in [2.05, 4.69) is 10.6 Å². The minimum Gasteiger partial charge on any atom is -0.481 e. The lowest BCUT2D eigenvalue weighted by molar-refractivity contribution is -0.192. The Morgan fingerprint density at radius 2 is 1.70 bits per heavy atom. The van der Waals surface area contributed by atoms with Gasteiger partial charge in [-0.25, -0.2) is 4.79 Å². The molecule has 1 aliphatic rings. The zero-order valence-corrected chi connectivity index (χ0v) is 15.8. The molecule has 4 unspecified atom stereocenters. The highest BCUT2D eigenvalue weighted by atomic mass is 19.4. The van der Waals surface area contributed by atoms with Crippen LogP contribution in [0.2, 0.25) is 0 Å². The van der Waals surface area contributed by atoms with Crippen molar-refractivity contribution in [2.45, 2.75) is 50.2 Å². The fourth-order valence-corrected chi connectivity index (χ4v) is 3.06. The molecule has 1 rings (SSSR count). The Morgan fingerprint density at radius 1 is 1.20 bits per heavy atom. The van der Waals surface area contributed by atoms with Gasteiger partial charge in [0.05, 0.1) is 18.6 Å². The summed E-state index contributed by atoms with van der Waals surface area (Å²) in [4.78, 5) is 31.5. The van der Waals surface area contributed by atoms with Crippen LogP contribution < -0.4 is 16.4 Å². The van der Waals surface area contributed by atoms with Crippen molar-refractivity contribution in [2.24, 2.45) is 17.6 Å². The van der Waals surface area contributed by atoms with Gasteiger partial charge in [0.15, 0.2) is 5.96 Å². The van der Waals surface area contributed by atoms with E-state index in [1.807, 2.05) is 0 Å². The molecule has 0 spiro atoms. The second-order valence-corrected chi connectivity index (χ2v) is 6.60. The van der Waals surface area contributed by atoms with Gasteiger partial charge in [-0.05, 0) is 12.8 Å². The zero-order valence-electron chi connectivity index (χ0n) is 15.8. The van der Waals surface area contributed by atoms with E-state index in [0.29, 0.717) is 0 Å². The van der Waals surface area contributed by atoms with E-state index in [1.54, 1.807) is 0 Å². The first kappa shape index (κ1) is 27.4.